The molecule has 0 amide bonds. The van der Waals surface area contributed by atoms with Crippen LogP contribution in [0.25, 0.3) is 0 Å². The fraction of sp³-hybridized carbons (Fsp3) is 0.500. The maximum Gasteiger partial charge on any atom is 0.109 e. The molecule has 0 unspecified atom stereocenters. The van der Waals surface area contributed by atoms with E-state index >= 15 is 0 Å². The summed E-state index contributed by atoms with van der Waals surface area (Å²) in [6.45, 7) is 8.60. The van der Waals surface area contributed by atoms with E-state index in [4.69, 9.17) is 5.73 Å². The molecule has 24 heavy (non-hydrogen) atoms. The SMILES string of the molecule is C=C/C=C(/CNCC/C(=C\CC(C)(C)F)C1=C(N)CCC=C1)SC. The zero-order valence-electron chi connectivity index (χ0n) is 15.2. The van der Waals surface area contributed by atoms with Crippen molar-refractivity contribution in [2.75, 3.05) is 19.3 Å². The predicted octanol–water partition coefficient (Wildman–Crippen LogP) is 5.03. The number of halogens is 1. The normalized spacial score (nSPS) is 16.7. The molecule has 0 radical (unpaired) electrons. The maximum atomic E-state index is 13.9. The number of allylic oxidation sites excluding steroid dienone is 7. The lowest BCUT2D eigenvalue weighted by molar-refractivity contribution is 0.221. The molecular formula is C20H31FN2S. The first-order chi connectivity index (χ1) is 11.4. The third-order valence-corrected chi connectivity index (χ3v) is 4.63. The first kappa shape index (κ1) is 20.8. The quantitative estimate of drug-likeness (QED) is 0.429. The Morgan fingerprint density at radius 3 is 2.83 bits per heavy atom. The van der Waals surface area contributed by atoms with Gasteiger partial charge in [0.1, 0.15) is 5.67 Å². The first-order valence-corrected chi connectivity index (χ1v) is 9.69. The van der Waals surface area contributed by atoms with Crippen molar-refractivity contribution in [2.45, 2.75) is 45.2 Å². The molecule has 0 aromatic heterocycles. The van der Waals surface area contributed by atoms with Gasteiger partial charge < -0.3 is 11.1 Å². The summed E-state index contributed by atoms with van der Waals surface area (Å²) in [6, 6.07) is 0. The Bertz CT molecular complexity index is 536. The minimum absolute atomic E-state index is 0.402. The van der Waals surface area contributed by atoms with Crippen molar-refractivity contribution in [3.05, 3.63) is 58.7 Å². The van der Waals surface area contributed by atoms with Crippen LogP contribution in [0.3, 0.4) is 0 Å². The second-order valence-electron chi connectivity index (χ2n) is 6.53. The second kappa shape index (κ2) is 10.6. The molecule has 0 atom stereocenters. The summed E-state index contributed by atoms with van der Waals surface area (Å²) in [4.78, 5) is 1.25. The lowest BCUT2D eigenvalue weighted by Crippen LogP contribution is -2.19. The van der Waals surface area contributed by atoms with Crippen molar-refractivity contribution in [1.29, 1.82) is 0 Å². The topological polar surface area (TPSA) is 38.0 Å². The van der Waals surface area contributed by atoms with Crippen LogP contribution in [-0.2, 0) is 0 Å². The molecule has 0 aromatic carbocycles. The first-order valence-electron chi connectivity index (χ1n) is 8.47. The van der Waals surface area contributed by atoms with Crippen LogP contribution in [0.4, 0.5) is 4.39 Å². The summed E-state index contributed by atoms with van der Waals surface area (Å²) in [7, 11) is 0. The lowest BCUT2D eigenvalue weighted by Gasteiger charge is -2.18. The molecule has 0 spiro atoms. The van der Waals surface area contributed by atoms with Crippen LogP contribution in [0.1, 0.15) is 39.5 Å². The maximum absolute atomic E-state index is 13.9. The summed E-state index contributed by atoms with van der Waals surface area (Å²) in [5.74, 6) is 0. The van der Waals surface area contributed by atoms with Gasteiger partial charge in [-0.05, 0) is 68.4 Å². The third-order valence-electron chi connectivity index (χ3n) is 3.83. The monoisotopic (exact) mass is 350 g/mol. The zero-order valence-corrected chi connectivity index (χ0v) is 16.0. The summed E-state index contributed by atoms with van der Waals surface area (Å²) in [5.41, 5.74) is 8.11. The van der Waals surface area contributed by atoms with Gasteiger partial charge in [0.15, 0.2) is 0 Å². The number of alkyl halides is 1. The minimum atomic E-state index is -1.20. The van der Waals surface area contributed by atoms with E-state index in [0.717, 1.165) is 49.2 Å². The van der Waals surface area contributed by atoms with Crippen LogP contribution >= 0.6 is 11.8 Å². The zero-order chi connectivity index (χ0) is 18.0. The molecule has 3 N–H and O–H groups in total. The average molecular weight is 351 g/mol. The number of hydrogen-bond donors (Lipinski definition) is 2. The van der Waals surface area contributed by atoms with Crippen LogP contribution < -0.4 is 11.1 Å². The molecule has 4 heteroatoms. The Labute approximate surface area is 150 Å². The van der Waals surface area contributed by atoms with E-state index in [1.165, 1.54) is 4.91 Å². The highest BCUT2D eigenvalue weighted by atomic mass is 32.2. The molecule has 2 nitrogen and oxygen atoms in total. The molecule has 0 saturated carbocycles. The van der Waals surface area contributed by atoms with Crippen molar-refractivity contribution in [1.82, 2.24) is 5.32 Å². The molecule has 0 fully saturated rings. The van der Waals surface area contributed by atoms with Crippen molar-refractivity contribution >= 4 is 11.8 Å². The number of hydrogen-bond acceptors (Lipinski definition) is 3. The molecule has 0 saturated heterocycles. The van der Waals surface area contributed by atoms with Gasteiger partial charge in [0.25, 0.3) is 0 Å². The van der Waals surface area contributed by atoms with E-state index in [2.05, 4.69) is 30.3 Å². The van der Waals surface area contributed by atoms with Gasteiger partial charge in [-0.15, -0.1) is 11.8 Å². The van der Waals surface area contributed by atoms with Gasteiger partial charge in [-0.25, -0.2) is 4.39 Å². The fourth-order valence-corrected chi connectivity index (χ4v) is 2.95. The van der Waals surface area contributed by atoms with Gasteiger partial charge in [-0.3, -0.25) is 0 Å². The summed E-state index contributed by atoms with van der Waals surface area (Å²) >= 11 is 1.72. The second-order valence-corrected chi connectivity index (χ2v) is 7.46. The fourth-order valence-electron chi connectivity index (χ4n) is 2.47. The lowest BCUT2D eigenvalue weighted by atomic mass is 9.92. The Morgan fingerprint density at radius 2 is 2.25 bits per heavy atom. The standard InChI is InChI=1S/C20H31FN2S/c1-5-8-17(24-4)15-23-14-12-16(11-13-20(2,3)21)18-9-6-7-10-19(18)22/h5-6,8-9,11,23H,1,7,10,12-15,22H2,2-4H3/b16-11+,17-8-. The van der Waals surface area contributed by atoms with Gasteiger partial charge in [0, 0.05) is 12.2 Å². The van der Waals surface area contributed by atoms with E-state index < -0.39 is 5.67 Å². The smallest absolute Gasteiger partial charge is 0.109 e. The van der Waals surface area contributed by atoms with Crippen molar-refractivity contribution in [3.63, 3.8) is 0 Å². The van der Waals surface area contributed by atoms with Gasteiger partial charge in [0.05, 0.1) is 0 Å². The van der Waals surface area contributed by atoms with E-state index in [0.29, 0.717) is 6.42 Å². The Hall–Kier alpha value is -1.26. The predicted molar refractivity (Wildman–Crippen MR) is 107 cm³/mol. The molecule has 1 aliphatic carbocycles. The number of thioether (sulfide) groups is 1. The van der Waals surface area contributed by atoms with Gasteiger partial charge >= 0.3 is 0 Å². The Morgan fingerprint density at radius 1 is 1.50 bits per heavy atom. The molecule has 0 aliphatic heterocycles. The number of nitrogens with one attached hydrogen (secondary N) is 1. The molecule has 1 aliphatic rings. The highest BCUT2D eigenvalue weighted by molar-refractivity contribution is 8.02. The third kappa shape index (κ3) is 8.02. The van der Waals surface area contributed by atoms with Crippen molar-refractivity contribution in [3.8, 4) is 0 Å². The molecule has 1 rings (SSSR count). The Balaban J connectivity index is 2.71. The van der Waals surface area contributed by atoms with Crippen LogP contribution in [-0.4, -0.2) is 25.0 Å². The van der Waals surface area contributed by atoms with E-state index in [1.807, 2.05) is 12.2 Å². The number of rotatable bonds is 10. The molecule has 134 valence electrons. The average Bonchev–Trinajstić information content (AvgIpc) is 2.53. The molecule has 0 heterocycles. The molecule has 0 bridgehead atoms. The number of nitrogens with two attached hydrogens (primary N) is 1. The van der Waals surface area contributed by atoms with E-state index in [-0.39, 0.29) is 0 Å². The van der Waals surface area contributed by atoms with Crippen LogP contribution in [0.2, 0.25) is 0 Å². The van der Waals surface area contributed by atoms with Crippen molar-refractivity contribution in [2.24, 2.45) is 5.73 Å². The molecular weight excluding hydrogens is 319 g/mol. The van der Waals surface area contributed by atoms with Crippen LogP contribution in [0.15, 0.2) is 58.7 Å². The minimum Gasteiger partial charge on any atom is -0.402 e. The summed E-state index contributed by atoms with van der Waals surface area (Å²) in [6.07, 6.45) is 15.2. The highest BCUT2D eigenvalue weighted by Crippen LogP contribution is 2.26. The van der Waals surface area contributed by atoms with Crippen molar-refractivity contribution < 1.29 is 4.39 Å². The van der Waals surface area contributed by atoms with Crippen LogP contribution in [0.5, 0.6) is 0 Å². The summed E-state index contributed by atoms with van der Waals surface area (Å²) < 4.78 is 13.9. The van der Waals surface area contributed by atoms with Gasteiger partial charge in [-0.1, -0.05) is 37.0 Å². The van der Waals surface area contributed by atoms with Gasteiger partial charge in [-0.2, -0.15) is 0 Å². The highest BCUT2D eigenvalue weighted by Gasteiger charge is 2.16. The van der Waals surface area contributed by atoms with E-state index in [9.17, 15) is 4.39 Å². The van der Waals surface area contributed by atoms with Gasteiger partial charge in [0.2, 0.25) is 0 Å². The van der Waals surface area contributed by atoms with E-state index in [1.54, 1.807) is 31.7 Å². The Kier molecular flexibility index (Phi) is 9.16. The largest absolute Gasteiger partial charge is 0.402 e. The summed E-state index contributed by atoms with van der Waals surface area (Å²) in [5, 5.41) is 3.44. The molecule has 0 aromatic rings. The van der Waals surface area contributed by atoms with Crippen LogP contribution in [0, 0.1) is 0 Å².